The number of nitrogens with two attached hydrogens (primary N) is 2. The number of amides is 4. The number of hydrogen-bond acceptors (Lipinski definition) is 6. The molecule has 0 aromatic heterocycles. The number of anilines is 4. The highest BCUT2D eigenvalue weighted by Gasteiger charge is 2.38. The highest BCUT2D eigenvalue weighted by molar-refractivity contribution is 6.35. The Morgan fingerprint density at radius 3 is 1.20 bits per heavy atom. The average molecular weight is 645 g/mol. The molecular weight excluding hydrogens is 619 g/mol. The van der Waals surface area contributed by atoms with Crippen molar-refractivity contribution in [3.63, 3.8) is 0 Å². The number of rotatable bonds is 5. The molecule has 0 atom stereocenters. The molecule has 4 N–H and O–H groups in total. The van der Waals surface area contributed by atoms with Gasteiger partial charge in [0.15, 0.2) is 0 Å². The lowest BCUT2D eigenvalue weighted by Crippen LogP contribution is -2.29. The quantitative estimate of drug-likeness (QED) is 0.147. The van der Waals surface area contributed by atoms with Crippen molar-refractivity contribution < 1.29 is 23.6 Å². The second-order valence-electron chi connectivity index (χ2n) is 11.9. The molecule has 236 valence electrons. The highest BCUT2D eigenvalue weighted by atomic mass is 19.1. The summed E-state index contributed by atoms with van der Waals surface area (Å²) in [4.78, 5) is 55.4. The number of hydrogen-bond donors (Lipinski definition) is 2. The van der Waals surface area contributed by atoms with Gasteiger partial charge in [0.1, 0.15) is 5.82 Å². The van der Waals surface area contributed by atoms with Gasteiger partial charge in [0.2, 0.25) is 0 Å². The molecule has 0 spiro atoms. The van der Waals surface area contributed by atoms with Crippen LogP contribution in [0.3, 0.4) is 0 Å². The van der Waals surface area contributed by atoms with Gasteiger partial charge in [-0.3, -0.25) is 19.2 Å². The zero-order valence-corrected chi connectivity index (χ0v) is 25.7. The summed E-state index contributed by atoms with van der Waals surface area (Å²) in [7, 11) is 0. The van der Waals surface area contributed by atoms with Crippen LogP contribution in [0.2, 0.25) is 0 Å². The Hall–Kier alpha value is -6.87. The van der Waals surface area contributed by atoms with Gasteiger partial charge in [0.25, 0.3) is 23.6 Å². The third kappa shape index (κ3) is 4.83. The van der Waals surface area contributed by atoms with E-state index in [1.54, 1.807) is 84.9 Å². The summed E-state index contributed by atoms with van der Waals surface area (Å²) in [5.41, 5.74) is 18.2. The van der Waals surface area contributed by atoms with Crippen LogP contribution in [0.4, 0.5) is 27.1 Å². The number of fused-ring (bicyclic) bond motifs is 2. The summed E-state index contributed by atoms with van der Waals surface area (Å²) in [5, 5.41) is 0. The first-order valence-corrected chi connectivity index (χ1v) is 15.4. The molecule has 4 amide bonds. The van der Waals surface area contributed by atoms with Gasteiger partial charge in [-0.1, -0.05) is 48.5 Å². The van der Waals surface area contributed by atoms with Crippen LogP contribution in [0, 0.1) is 5.82 Å². The highest BCUT2D eigenvalue weighted by Crippen LogP contribution is 2.36. The monoisotopic (exact) mass is 644 g/mol. The number of carbonyl (C=O) groups is 4. The van der Waals surface area contributed by atoms with Gasteiger partial charge < -0.3 is 11.5 Å². The zero-order valence-electron chi connectivity index (χ0n) is 25.7. The predicted molar refractivity (Wildman–Crippen MR) is 187 cm³/mol. The molecule has 0 saturated carbocycles. The summed E-state index contributed by atoms with van der Waals surface area (Å²) in [6, 6.07) is 35.0. The molecule has 6 aromatic rings. The maximum Gasteiger partial charge on any atom is 0.266 e. The number of nitrogens with zero attached hydrogens (tertiary/aromatic N) is 2. The van der Waals surface area contributed by atoms with Gasteiger partial charge in [-0.25, -0.2) is 14.2 Å². The third-order valence-corrected chi connectivity index (χ3v) is 8.91. The number of benzene rings is 6. The van der Waals surface area contributed by atoms with E-state index in [0.29, 0.717) is 33.8 Å². The van der Waals surface area contributed by atoms with Crippen molar-refractivity contribution >= 4 is 46.4 Å². The molecule has 8 nitrogen and oxygen atoms in total. The fourth-order valence-corrected chi connectivity index (χ4v) is 6.33. The molecule has 0 unspecified atom stereocenters. The van der Waals surface area contributed by atoms with Crippen molar-refractivity contribution in [2.45, 2.75) is 0 Å². The molecule has 6 aromatic carbocycles. The first kappa shape index (κ1) is 29.5. The van der Waals surface area contributed by atoms with Crippen molar-refractivity contribution in [2.75, 3.05) is 21.3 Å². The van der Waals surface area contributed by atoms with E-state index in [1.165, 1.54) is 12.1 Å². The molecule has 0 bridgehead atoms. The van der Waals surface area contributed by atoms with E-state index in [1.807, 2.05) is 24.3 Å². The average Bonchev–Trinajstić information content (AvgIpc) is 3.52. The van der Waals surface area contributed by atoms with E-state index in [2.05, 4.69) is 0 Å². The van der Waals surface area contributed by atoms with Gasteiger partial charge in [0.05, 0.1) is 33.6 Å². The SMILES string of the molecule is Nc1ccc(-c2ccc3c(c2)C(=O)N(c2ccc(-c4ccc(N5C(=O)c6ccc(-c7ccc(N)cc7)cc6C5=O)cc4F)cc2)C3=O)cc1. The van der Waals surface area contributed by atoms with Crippen LogP contribution in [0.25, 0.3) is 33.4 Å². The number of carbonyl (C=O) groups excluding carboxylic acids is 4. The number of imide groups is 2. The van der Waals surface area contributed by atoms with E-state index < -0.39 is 29.4 Å². The molecular formula is C40H25FN4O4. The molecule has 9 heteroatoms. The van der Waals surface area contributed by atoms with E-state index in [9.17, 15) is 19.2 Å². The van der Waals surface area contributed by atoms with E-state index >= 15 is 4.39 Å². The fourth-order valence-electron chi connectivity index (χ4n) is 6.33. The number of halogens is 1. The molecule has 0 radical (unpaired) electrons. The normalized spacial score (nSPS) is 13.7. The van der Waals surface area contributed by atoms with Crippen molar-refractivity contribution in [3.8, 4) is 33.4 Å². The lowest BCUT2D eigenvalue weighted by molar-refractivity contribution is 0.0910. The van der Waals surface area contributed by atoms with Gasteiger partial charge in [-0.05, 0) is 107 Å². The smallest absolute Gasteiger partial charge is 0.266 e. The summed E-state index contributed by atoms with van der Waals surface area (Å²) in [5.74, 6) is -2.65. The second kappa shape index (κ2) is 11.1. The van der Waals surface area contributed by atoms with Crippen LogP contribution in [-0.2, 0) is 0 Å². The van der Waals surface area contributed by atoms with Crippen molar-refractivity contribution in [1.82, 2.24) is 0 Å². The topological polar surface area (TPSA) is 127 Å². The standard InChI is InChI=1S/C40H25FN4O4/c41-36-21-30(45-38(47)33-17-8-26(20-35(33)40(45)49)23-3-11-28(43)12-4-23)15-18-31(36)24-5-13-29(14-6-24)44-37(46)32-16-7-25(19-34(32)39(44)48)22-1-9-27(42)10-2-22/h1-21H,42-43H2. The Morgan fingerprint density at radius 1 is 0.367 bits per heavy atom. The van der Waals surface area contributed by atoms with Crippen molar-refractivity contribution in [2.24, 2.45) is 0 Å². The van der Waals surface area contributed by atoms with Crippen LogP contribution in [-0.4, -0.2) is 23.6 Å². The maximum absolute atomic E-state index is 15.6. The van der Waals surface area contributed by atoms with E-state index in [0.717, 1.165) is 38.1 Å². The molecule has 0 fully saturated rings. The minimum absolute atomic E-state index is 0.0995. The summed E-state index contributed by atoms with van der Waals surface area (Å²) >= 11 is 0. The third-order valence-electron chi connectivity index (χ3n) is 8.91. The Bertz CT molecular complexity index is 2390. The Balaban J connectivity index is 1.03. The summed E-state index contributed by atoms with van der Waals surface area (Å²) < 4.78 is 15.6. The van der Waals surface area contributed by atoms with Gasteiger partial charge in [-0.15, -0.1) is 0 Å². The van der Waals surface area contributed by atoms with Gasteiger partial charge in [0, 0.05) is 16.9 Å². The lowest BCUT2D eigenvalue weighted by atomic mass is 10.00. The minimum atomic E-state index is -0.653. The Labute approximate surface area is 279 Å². The van der Waals surface area contributed by atoms with Gasteiger partial charge in [-0.2, -0.15) is 0 Å². The fraction of sp³-hybridized carbons (Fsp3) is 0. The first-order chi connectivity index (χ1) is 23.7. The van der Waals surface area contributed by atoms with Crippen molar-refractivity contribution in [1.29, 1.82) is 0 Å². The summed E-state index contributed by atoms with van der Waals surface area (Å²) in [6.45, 7) is 0. The van der Waals surface area contributed by atoms with Crippen LogP contribution in [0.1, 0.15) is 41.4 Å². The van der Waals surface area contributed by atoms with Gasteiger partial charge >= 0.3 is 0 Å². The molecule has 0 saturated heterocycles. The summed E-state index contributed by atoms with van der Waals surface area (Å²) in [6.07, 6.45) is 0. The molecule has 49 heavy (non-hydrogen) atoms. The molecule has 0 aliphatic carbocycles. The van der Waals surface area contributed by atoms with Crippen molar-refractivity contribution in [3.05, 3.63) is 155 Å². The van der Waals surface area contributed by atoms with E-state index in [-0.39, 0.29) is 22.4 Å². The van der Waals surface area contributed by atoms with Crippen LogP contribution in [0.5, 0.6) is 0 Å². The maximum atomic E-state index is 15.6. The molecule has 2 aliphatic heterocycles. The zero-order chi connectivity index (χ0) is 34.0. The predicted octanol–water partition coefficient (Wildman–Crippen LogP) is 7.59. The van der Waals surface area contributed by atoms with E-state index in [4.69, 9.17) is 11.5 Å². The largest absolute Gasteiger partial charge is 0.399 e. The Morgan fingerprint density at radius 2 is 0.735 bits per heavy atom. The lowest BCUT2D eigenvalue weighted by Gasteiger charge is -2.16. The molecule has 8 rings (SSSR count). The molecule has 2 aliphatic rings. The van der Waals surface area contributed by atoms with Crippen LogP contribution >= 0.6 is 0 Å². The number of nitrogen functional groups attached to an aromatic ring is 2. The molecule has 2 heterocycles. The first-order valence-electron chi connectivity index (χ1n) is 15.4. The second-order valence-corrected chi connectivity index (χ2v) is 11.9. The Kier molecular flexibility index (Phi) is 6.71. The van der Waals surface area contributed by atoms with Crippen LogP contribution < -0.4 is 21.3 Å². The van der Waals surface area contributed by atoms with Crippen LogP contribution in [0.15, 0.2) is 127 Å². The minimum Gasteiger partial charge on any atom is -0.399 e.